The van der Waals surface area contributed by atoms with Crippen LogP contribution in [-0.4, -0.2) is 21.4 Å². The number of aliphatic hydroxyl groups is 1. The highest BCUT2D eigenvalue weighted by molar-refractivity contribution is 5.31. The molecule has 4 heteroatoms. The van der Waals surface area contributed by atoms with Crippen molar-refractivity contribution < 1.29 is 5.11 Å². The fourth-order valence-electron chi connectivity index (χ4n) is 2.25. The van der Waals surface area contributed by atoms with Crippen molar-refractivity contribution in [3.8, 4) is 0 Å². The van der Waals surface area contributed by atoms with Gasteiger partial charge in [0, 0.05) is 24.7 Å². The summed E-state index contributed by atoms with van der Waals surface area (Å²) in [7, 11) is 1.93. The van der Waals surface area contributed by atoms with Gasteiger partial charge in [-0.2, -0.15) is 5.10 Å². The highest BCUT2D eigenvalue weighted by Gasteiger charge is 2.25. The van der Waals surface area contributed by atoms with E-state index in [1.807, 2.05) is 11.7 Å². The van der Waals surface area contributed by atoms with Gasteiger partial charge in [0.15, 0.2) is 0 Å². The van der Waals surface area contributed by atoms with Crippen LogP contribution in [0.25, 0.3) is 0 Å². The summed E-state index contributed by atoms with van der Waals surface area (Å²) < 4.78 is 1.87. The van der Waals surface area contributed by atoms with Gasteiger partial charge in [-0.1, -0.05) is 0 Å². The predicted molar refractivity (Wildman–Crippen MR) is 53.9 cm³/mol. The van der Waals surface area contributed by atoms with E-state index in [1.54, 1.807) is 0 Å². The zero-order valence-corrected chi connectivity index (χ0v) is 8.53. The van der Waals surface area contributed by atoms with E-state index in [0.717, 1.165) is 42.6 Å². The average molecular weight is 195 g/mol. The minimum atomic E-state index is -0.325. The molecule has 4 nitrogen and oxygen atoms in total. The molecular weight excluding hydrogens is 178 g/mol. The zero-order valence-electron chi connectivity index (χ0n) is 8.53. The summed E-state index contributed by atoms with van der Waals surface area (Å²) in [6.45, 7) is 0.610. The normalized spacial score (nSPS) is 20.9. The third-order valence-electron chi connectivity index (χ3n) is 2.89. The van der Waals surface area contributed by atoms with E-state index >= 15 is 0 Å². The van der Waals surface area contributed by atoms with Gasteiger partial charge in [-0.3, -0.25) is 4.68 Å². The van der Waals surface area contributed by atoms with Crippen LogP contribution in [0.3, 0.4) is 0 Å². The highest BCUT2D eigenvalue weighted by atomic mass is 16.3. The lowest BCUT2D eigenvalue weighted by molar-refractivity contribution is 0.155. The van der Waals surface area contributed by atoms with E-state index in [-0.39, 0.29) is 6.10 Å². The van der Waals surface area contributed by atoms with Gasteiger partial charge in [0.05, 0.1) is 11.8 Å². The van der Waals surface area contributed by atoms with Crippen molar-refractivity contribution in [2.24, 2.45) is 12.8 Å². The van der Waals surface area contributed by atoms with E-state index in [9.17, 15) is 5.11 Å². The maximum Gasteiger partial charge on any atom is 0.0826 e. The number of rotatable bonds is 2. The molecule has 0 aromatic carbocycles. The Morgan fingerprint density at radius 1 is 1.64 bits per heavy atom. The second-order valence-corrected chi connectivity index (χ2v) is 3.88. The average Bonchev–Trinajstić information content (AvgIpc) is 2.45. The topological polar surface area (TPSA) is 64.1 Å². The van der Waals surface area contributed by atoms with E-state index in [0.29, 0.717) is 6.54 Å². The van der Waals surface area contributed by atoms with Gasteiger partial charge in [-0.05, 0) is 25.8 Å². The molecule has 1 aromatic rings. The number of hydrogen-bond donors (Lipinski definition) is 2. The molecule has 0 bridgehead atoms. The Labute approximate surface area is 83.7 Å². The molecule has 1 aliphatic carbocycles. The van der Waals surface area contributed by atoms with Crippen LogP contribution in [0.15, 0.2) is 0 Å². The first-order valence-corrected chi connectivity index (χ1v) is 5.16. The molecule has 78 valence electrons. The van der Waals surface area contributed by atoms with E-state index < -0.39 is 0 Å². The molecule has 1 atom stereocenters. The van der Waals surface area contributed by atoms with Crippen LogP contribution in [0.1, 0.15) is 35.9 Å². The van der Waals surface area contributed by atoms with Crippen molar-refractivity contribution in [3.05, 3.63) is 17.0 Å². The third-order valence-corrected chi connectivity index (χ3v) is 2.89. The number of hydrogen-bond acceptors (Lipinski definition) is 3. The van der Waals surface area contributed by atoms with Crippen molar-refractivity contribution in [2.45, 2.75) is 31.8 Å². The van der Waals surface area contributed by atoms with Gasteiger partial charge in [0.1, 0.15) is 0 Å². The molecule has 2 rings (SSSR count). The van der Waals surface area contributed by atoms with E-state index in [2.05, 4.69) is 5.10 Å². The van der Waals surface area contributed by atoms with Crippen LogP contribution in [-0.2, 0) is 19.9 Å². The standard InChI is InChI=1S/C10H17N3O/c1-13-8(5-6-11)10-7(12-13)3-2-4-9(10)14/h9,14H,2-6,11H2,1H3. The summed E-state index contributed by atoms with van der Waals surface area (Å²) in [6.07, 6.45) is 3.36. The molecule has 0 saturated heterocycles. The molecule has 3 N–H and O–H groups in total. The van der Waals surface area contributed by atoms with Gasteiger partial charge < -0.3 is 10.8 Å². The Balaban J connectivity index is 2.43. The molecule has 1 aromatic heterocycles. The van der Waals surface area contributed by atoms with Crippen LogP contribution in [0.4, 0.5) is 0 Å². The summed E-state index contributed by atoms with van der Waals surface area (Å²) in [5.74, 6) is 0. The van der Waals surface area contributed by atoms with Crippen molar-refractivity contribution in [1.82, 2.24) is 9.78 Å². The van der Waals surface area contributed by atoms with Gasteiger partial charge in [0.25, 0.3) is 0 Å². The molecule has 0 aliphatic heterocycles. The summed E-state index contributed by atoms with van der Waals surface area (Å²) in [4.78, 5) is 0. The summed E-state index contributed by atoms with van der Waals surface area (Å²) in [6, 6.07) is 0. The summed E-state index contributed by atoms with van der Waals surface area (Å²) >= 11 is 0. The number of nitrogens with zero attached hydrogens (tertiary/aromatic N) is 2. The zero-order chi connectivity index (χ0) is 10.1. The van der Waals surface area contributed by atoms with Crippen molar-refractivity contribution >= 4 is 0 Å². The number of aryl methyl sites for hydroxylation is 2. The lowest BCUT2D eigenvalue weighted by Crippen LogP contribution is -2.13. The van der Waals surface area contributed by atoms with E-state index in [1.165, 1.54) is 0 Å². The third kappa shape index (κ3) is 1.44. The van der Waals surface area contributed by atoms with Crippen molar-refractivity contribution in [1.29, 1.82) is 0 Å². The van der Waals surface area contributed by atoms with Crippen molar-refractivity contribution in [3.63, 3.8) is 0 Å². The Kier molecular flexibility index (Phi) is 2.56. The smallest absolute Gasteiger partial charge is 0.0826 e. The van der Waals surface area contributed by atoms with E-state index in [4.69, 9.17) is 5.73 Å². The number of fused-ring (bicyclic) bond motifs is 1. The van der Waals surface area contributed by atoms with Gasteiger partial charge in [-0.25, -0.2) is 0 Å². The van der Waals surface area contributed by atoms with Crippen LogP contribution in [0.2, 0.25) is 0 Å². The molecule has 1 aliphatic rings. The van der Waals surface area contributed by atoms with Crippen LogP contribution in [0, 0.1) is 0 Å². The fourth-order valence-corrected chi connectivity index (χ4v) is 2.25. The second-order valence-electron chi connectivity index (χ2n) is 3.88. The SMILES string of the molecule is Cn1nc2c(c1CCN)C(O)CCC2. The quantitative estimate of drug-likeness (QED) is 0.713. The van der Waals surface area contributed by atoms with Crippen LogP contribution < -0.4 is 5.73 Å². The molecule has 0 spiro atoms. The van der Waals surface area contributed by atoms with Gasteiger partial charge in [-0.15, -0.1) is 0 Å². The summed E-state index contributed by atoms with van der Waals surface area (Å²) in [5.41, 5.74) is 8.76. The first kappa shape index (κ1) is 9.68. The molecule has 1 heterocycles. The van der Waals surface area contributed by atoms with Crippen LogP contribution >= 0.6 is 0 Å². The Morgan fingerprint density at radius 2 is 2.43 bits per heavy atom. The Hall–Kier alpha value is -0.870. The molecule has 0 radical (unpaired) electrons. The minimum Gasteiger partial charge on any atom is -0.388 e. The van der Waals surface area contributed by atoms with Crippen molar-refractivity contribution in [2.75, 3.05) is 6.54 Å². The maximum atomic E-state index is 9.89. The monoisotopic (exact) mass is 195 g/mol. The molecule has 0 fully saturated rings. The first-order chi connectivity index (χ1) is 6.74. The molecule has 0 saturated carbocycles. The largest absolute Gasteiger partial charge is 0.388 e. The maximum absolute atomic E-state index is 9.89. The molecule has 0 amide bonds. The minimum absolute atomic E-state index is 0.325. The highest BCUT2D eigenvalue weighted by Crippen LogP contribution is 2.31. The Morgan fingerprint density at radius 3 is 3.14 bits per heavy atom. The number of nitrogens with two attached hydrogens (primary N) is 1. The molecule has 1 unspecified atom stereocenters. The Bertz CT molecular complexity index is 332. The second kappa shape index (κ2) is 3.71. The lowest BCUT2D eigenvalue weighted by atomic mass is 9.92. The predicted octanol–water partition coefficient (Wildman–Crippen LogP) is 0.291. The summed E-state index contributed by atoms with van der Waals surface area (Å²) in [5, 5.41) is 14.3. The molecular formula is C10H17N3O. The number of aromatic nitrogens is 2. The number of aliphatic hydroxyl groups excluding tert-OH is 1. The van der Waals surface area contributed by atoms with Crippen LogP contribution in [0.5, 0.6) is 0 Å². The molecule has 14 heavy (non-hydrogen) atoms. The lowest BCUT2D eigenvalue weighted by Gasteiger charge is -2.17. The fraction of sp³-hybridized carbons (Fsp3) is 0.700. The van der Waals surface area contributed by atoms with Gasteiger partial charge in [0.2, 0.25) is 0 Å². The first-order valence-electron chi connectivity index (χ1n) is 5.16. The van der Waals surface area contributed by atoms with Gasteiger partial charge >= 0.3 is 0 Å².